The van der Waals surface area contributed by atoms with Crippen LogP contribution < -0.4 is 0 Å². The minimum absolute atomic E-state index is 0.0167. The Balaban J connectivity index is 2.47. The maximum absolute atomic E-state index is 12.1. The molecule has 0 saturated heterocycles. The van der Waals surface area contributed by atoms with E-state index in [9.17, 15) is 4.79 Å². The van der Waals surface area contributed by atoms with E-state index in [-0.39, 0.29) is 5.91 Å². The van der Waals surface area contributed by atoms with Gasteiger partial charge in [-0.1, -0.05) is 41.9 Å². The summed E-state index contributed by atoms with van der Waals surface area (Å²) in [5.41, 5.74) is 1.72. The molecule has 1 unspecified atom stereocenters. The molecule has 0 saturated carbocycles. The first-order chi connectivity index (χ1) is 9.02. The summed E-state index contributed by atoms with van der Waals surface area (Å²) >= 11 is 6.20. The zero-order chi connectivity index (χ0) is 14.0. The lowest BCUT2D eigenvalue weighted by molar-refractivity contribution is -0.131. The summed E-state index contributed by atoms with van der Waals surface area (Å²) < 4.78 is 1.67. The van der Waals surface area contributed by atoms with Crippen LogP contribution in [0.15, 0.2) is 36.5 Å². The minimum Gasteiger partial charge on any atom is -0.347 e. The standard InChI is InChI=1S/C14H16ClN3O/c1-10(14(19)17(2)3)18-13(12(15)9-16-18)11-7-5-4-6-8-11/h4-10H,1-3H3. The van der Waals surface area contributed by atoms with E-state index in [0.29, 0.717) is 5.02 Å². The Kier molecular flexibility index (Phi) is 3.90. The maximum atomic E-state index is 12.1. The molecule has 0 aliphatic heterocycles. The zero-order valence-electron chi connectivity index (χ0n) is 11.2. The van der Waals surface area contributed by atoms with Crippen molar-refractivity contribution in [1.82, 2.24) is 14.7 Å². The van der Waals surface area contributed by atoms with Gasteiger partial charge in [-0.15, -0.1) is 0 Å². The largest absolute Gasteiger partial charge is 0.347 e. The average Bonchev–Trinajstić information content (AvgIpc) is 2.79. The number of likely N-dealkylation sites (N-methyl/N-ethyl adjacent to an activating group) is 1. The van der Waals surface area contributed by atoms with Crippen LogP contribution in [0.3, 0.4) is 0 Å². The quantitative estimate of drug-likeness (QED) is 0.865. The molecular formula is C14H16ClN3O. The second kappa shape index (κ2) is 5.45. The Hall–Kier alpha value is -1.81. The fourth-order valence-corrected chi connectivity index (χ4v) is 2.22. The highest BCUT2D eigenvalue weighted by atomic mass is 35.5. The smallest absolute Gasteiger partial charge is 0.246 e. The van der Waals surface area contributed by atoms with Crippen LogP contribution >= 0.6 is 11.6 Å². The zero-order valence-corrected chi connectivity index (χ0v) is 11.9. The van der Waals surface area contributed by atoms with Crippen molar-refractivity contribution in [2.75, 3.05) is 14.1 Å². The van der Waals surface area contributed by atoms with Crippen molar-refractivity contribution in [2.45, 2.75) is 13.0 Å². The van der Waals surface area contributed by atoms with E-state index < -0.39 is 6.04 Å². The maximum Gasteiger partial charge on any atom is 0.246 e. The summed E-state index contributed by atoms with van der Waals surface area (Å²) in [6.45, 7) is 1.82. The van der Waals surface area contributed by atoms with E-state index in [2.05, 4.69) is 5.10 Å². The van der Waals surface area contributed by atoms with Gasteiger partial charge in [0.2, 0.25) is 5.91 Å². The number of amides is 1. The Morgan fingerprint density at radius 1 is 1.32 bits per heavy atom. The summed E-state index contributed by atoms with van der Waals surface area (Å²) in [6.07, 6.45) is 1.57. The van der Waals surface area contributed by atoms with E-state index >= 15 is 0 Å². The summed E-state index contributed by atoms with van der Waals surface area (Å²) in [5, 5.41) is 4.78. The highest BCUT2D eigenvalue weighted by molar-refractivity contribution is 6.33. The van der Waals surface area contributed by atoms with E-state index in [1.165, 1.54) is 0 Å². The molecule has 1 aromatic heterocycles. The molecule has 1 aromatic carbocycles. The third-order valence-electron chi connectivity index (χ3n) is 2.96. The molecule has 1 heterocycles. The number of nitrogens with zero attached hydrogens (tertiary/aromatic N) is 3. The first-order valence-corrected chi connectivity index (χ1v) is 6.39. The molecule has 0 aliphatic rings. The van der Waals surface area contributed by atoms with Gasteiger partial charge in [0.05, 0.1) is 16.9 Å². The molecule has 0 aliphatic carbocycles. The molecule has 0 bridgehead atoms. The molecule has 1 amide bonds. The number of hydrogen-bond donors (Lipinski definition) is 0. The number of carbonyl (C=O) groups is 1. The summed E-state index contributed by atoms with van der Waals surface area (Å²) in [7, 11) is 3.46. The van der Waals surface area contributed by atoms with Crippen LogP contribution in [0.5, 0.6) is 0 Å². The molecule has 2 aromatic rings. The molecule has 1 atom stereocenters. The highest BCUT2D eigenvalue weighted by Crippen LogP contribution is 2.30. The lowest BCUT2D eigenvalue weighted by Gasteiger charge is -2.19. The van der Waals surface area contributed by atoms with Crippen molar-refractivity contribution in [2.24, 2.45) is 0 Å². The van der Waals surface area contributed by atoms with Crippen LogP contribution in [0.25, 0.3) is 11.3 Å². The highest BCUT2D eigenvalue weighted by Gasteiger charge is 2.22. The Morgan fingerprint density at radius 2 is 1.95 bits per heavy atom. The van der Waals surface area contributed by atoms with Crippen molar-refractivity contribution in [3.63, 3.8) is 0 Å². The van der Waals surface area contributed by atoms with E-state index in [0.717, 1.165) is 11.3 Å². The number of rotatable bonds is 3. The van der Waals surface area contributed by atoms with Gasteiger partial charge in [0.1, 0.15) is 6.04 Å². The number of halogens is 1. The van der Waals surface area contributed by atoms with Crippen molar-refractivity contribution in [1.29, 1.82) is 0 Å². The molecule has 5 heteroatoms. The van der Waals surface area contributed by atoms with Crippen molar-refractivity contribution < 1.29 is 4.79 Å². The molecule has 100 valence electrons. The molecule has 2 rings (SSSR count). The first kappa shape index (κ1) is 13.6. The summed E-state index contributed by atoms with van der Waals surface area (Å²) in [5.74, 6) is -0.0167. The molecule has 0 fully saturated rings. The number of benzene rings is 1. The third-order valence-corrected chi connectivity index (χ3v) is 3.24. The van der Waals surface area contributed by atoms with Crippen molar-refractivity contribution in [3.8, 4) is 11.3 Å². The van der Waals surface area contributed by atoms with E-state index in [1.807, 2.05) is 37.3 Å². The summed E-state index contributed by atoms with van der Waals surface area (Å²) in [4.78, 5) is 13.6. The minimum atomic E-state index is -0.391. The lowest BCUT2D eigenvalue weighted by atomic mass is 10.1. The van der Waals surface area contributed by atoms with E-state index in [1.54, 1.807) is 29.9 Å². The Bertz CT molecular complexity index is 578. The average molecular weight is 278 g/mol. The molecule has 4 nitrogen and oxygen atoms in total. The van der Waals surface area contributed by atoms with E-state index in [4.69, 9.17) is 11.6 Å². The van der Waals surface area contributed by atoms with Gasteiger partial charge >= 0.3 is 0 Å². The predicted octanol–water partition coefficient (Wildman–Crippen LogP) is 2.85. The van der Waals surface area contributed by atoms with Gasteiger partial charge in [-0.3, -0.25) is 9.48 Å². The van der Waals surface area contributed by atoms with Crippen LogP contribution in [0, 0.1) is 0 Å². The molecule has 0 radical (unpaired) electrons. The van der Waals surface area contributed by atoms with Gasteiger partial charge in [0, 0.05) is 19.7 Å². The van der Waals surface area contributed by atoms with Crippen LogP contribution in [0.2, 0.25) is 5.02 Å². The van der Waals surface area contributed by atoms with Gasteiger partial charge in [-0.25, -0.2) is 0 Å². The second-order valence-electron chi connectivity index (χ2n) is 4.56. The van der Waals surface area contributed by atoms with Gasteiger partial charge in [0.25, 0.3) is 0 Å². The summed E-state index contributed by atoms with van der Waals surface area (Å²) in [6, 6.07) is 9.31. The predicted molar refractivity (Wildman–Crippen MR) is 76.1 cm³/mol. The second-order valence-corrected chi connectivity index (χ2v) is 4.97. The first-order valence-electron chi connectivity index (χ1n) is 6.02. The van der Waals surface area contributed by atoms with Crippen LogP contribution in [0.1, 0.15) is 13.0 Å². The fourth-order valence-electron chi connectivity index (χ4n) is 1.98. The van der Waals surface area contributed by atoms with Gasteiger partial charge in [0.15, 0.2) is 0 Å². The molecule has 19 heavy (non-hydrogen) atoms. The Morgan fingerprint density at radius 3 is 2.53 bits per heavy atom. The van der Waals surface area contributed by atoms with Crippen LogP contribution in [-0.4, -0.2) is 34.7 Å². The van der Waals surface area contributed by atoms with Crippen molar-refractivity contribution in [3.05, 3.63) is 41.6 Å². The third kappa shape index (κ3) is 2.63. The number of hydrogen-bond acceptors (Lipinski definition) is 2. The van der Waals surface area contributed by atoms with Gasteiger partial charge in [-0.2, -0.15) is 5.10 Å². The fraction of sp³-hybridized carbons (Fsp3) is 0.286. The lowest BCUT2D eigenvalue weighted by Crippen LogP contribution is -2.30. The number of aromatic nitrogens is 2. The monoisotopic (exact) mass is 277 g/mol. The van der Waals surface area contributed by atoms with Crippen molar-refractivity contribution >= 4 is 17.5 Å². The molecule has 0 spiro atoms. The molecular weight excluding hydrogens is 262 g/mol. The number of carbonyl (C=O) groups excluding carboxylic acids is 1. The van der Waals surface area contributed by atoms with Gasteiger partial charge in [-0.05, 0) is 6.92 Å². The van der Waals surface area contributed by atoms with Crippen LogP contribution in [0.4, 0.5) is 0 Å². The normalized spacial score (nSPS) is 12.2. The molecule has 0 N–H and O–H groups in total. The SMILES string of the molecule is CC(C(=O)N(C)C)n1ncc(Cl)c1-c1ccccc1. The topological polar surface area (TPSA) is 38.1 Å². The Labute approximate surface area is 117 Å². The van der Waals surface area contributed by atoms with Gasteiger partial charge < -0.3 is 4.90 Å². The van der Waals surface area contributed by atoms with Crippen LogP contribution in [-0.2, 0) is 4.79 Å².